The van der Waals surface area contributed by atoms with Gasteiger partial charge < -0.3 is 4.90 Å². The molecule has 0 aliphatic carbocycles. The molecule has 2 aromatic heterocycles. The summed E-state index contributed by atoms with van der Waals surface area (Å²) in [5.74, 6) is 0. The minimum Gasteiger partial charge on any atom is -0.354 e. The summed E-state index contributed by atoms with van der Waals surface area (Å²) < 4.78 is 11.7. The Hall–Kier alpha value is -2.12. The minimum absolute atomic E-state index is 0.335. The van der Waals surface area contributed by atoms with Crippen LogP contribution in [-0.4, -0.2) is 39.5 Å². The van der Waals surface area contributed by atoms with E-state index in [0.717, 1.165) is 27.0 Å². The van der Waals surface area contributed by atoms with Gasteiger partial charge in [-0.3, -0.25) is 4.21 Å². The molecule has 1 aromatic carbocycles. The van der Waals surface area contributed by atoms with Gasteiger partial charge in [-0.1, -0.05) is 41.7 Å². The SMILES string of the molecule is CN(C)c1nc(-c2ccccc2)c(-c2ccnc(S(C)=O)n2)s1. The van der Waals surface area contributed by atoms with E-state index in [4.69, 9.17) is 4.98 Å². The van der Waals surface area contributed by atoms with Gasteiger partial charge in [0.1, 0.15) is 0 Å². The summed E-state index contributed by atoms with van der Waals surface area (Å²) in [6.45, 7) is 0. The van der Waals surface area contributed by atoms with Gasteiger partial charge in [0.2, 0.25) is 5.16 Å². The molecule has 0 aliphatic heterocycles. The second-order valence-electron chi connectivity index (χ2n) is 5.11. The quantitative estimate of drug-likeness (QED) is 0.681. The molecule has 0 saturated carbocycles. The number of hydrogen-bond acceptors (Lipinski definition) is 6. The molecule has 3 aromatic rings. The van der Waals surface area contributed by atoms with E-state index in [9.17, 15) is 4.21 Å². The van der Waals surface area contributed by atoms with Crippen LogP contribution in [0.25, 0.3) is 21.8 Å². The highest BCUT2D eigenvalue weighted by Crippen LogP contribution is 2.38. The van der Waals surface area contributed by atoms with Gasteiger partial charge in [-0.2, -0.15) is 0 Å². The number of hydrogen-bond donors (Lipinski definition) is 0. The Balaban J connectivity index is 2.18. The summed E-state index contributed by atoms with van der Waals surface area (Å²) >= 11 is 1.56. The van der Waals surface area contributed by atoms with Crippen molar-refractivity contribution in [1.82, 2.24) is 15.0 Å². The summed E-state index contributed by atoms with van der Waals surface area (Å²) in [6.07, 6.45) is 3.22. The second-order valence-corrected chi connectivity index (χ2v) is 7.36. The Morgan fingerprint density at radius 1 is 1.09 bits per heavy atom. The molecular formula is C16H16N4OS2. The van der Waals surface area contributed by atoms with Gasteiger partial charge in [-0.15, -0.1) is 0 Å². The number of nitrogens with zero attached hydrogens (tertiary/aromatic N) is 4. The Morgan fingerprint density at radius 3 is 2.48 bits per heavy atom. The Kier molecular flexibility index (Phi) is 4.49. The van der Waals surface area contributed by atoms with Crippen LogP contribution >= 0.6 is 11.3 Å². The second kappa shape index (κ2) is 6.55. The highest BCUT2D eigenvalue weighted by Gasteiger charge is 2.17. The van der Waals surface area contributed by atoms with Crippen LogP contribution in [-0.2, 0) is 10.8 Å². The number of rotatable bonds is 4. The van der Waals surface area contributed by atoms with Crippen LogP contribution in [0.1, 0.15) is 0 Å². The van der Waals surface area contributed by atoms with Crippen LogP contribution < -0.4 is 4.90 Å². The molecule has 2 heterocycles. The normalized spacial score (nSPS) is 12.1. The van der Waals surface area contributed by atoms with Crippen molar-refractivity contribution < 1.29 is 4.21 Å². The van der Waals surface area contributed by atoms with Crippen molar-refractivity contribution in [2.45, 2.75) is 5.16 Å². The molecule has 3 rings (SSSR count). The largest absolute Gasteiger partial charge is 0.354 e. The Morgan fingerprint density at radius 2 is 1.83 bits per heavy atom. The molecule has 0 amide bonds. The molecule has 23 heavy (non-hydrogen) atoms. The monoisotopic (exact) mass is 344 g/mol. The first-order valence-electron chi connectivity index (χ1n) is 6.96. The molecule has 0 fully saturated rings. The third-order valence-electron chi connectivity index (χ3n) is 3.17. The predicted molar refractivity (Wildman–Crippen MR) is 95.2 cm³/mol. The summed E-state index contributed by atoms with van der Waals surface area (Å²) in [5.41, 5.74) is 2.66. The van der Waals surface area contributed by atoms with Gasteiger partial charge in [0.05, 0.1) is 27.1 Å². The third-order valence-corrected chi connectivity index (χ3v) is 5.13. The van der Waals surface area contributed by atoms with Crippen molar-refractivity contribution >= 4 is 27.3 Å². The van der Waals surface area contributed by atoms with E-state index < -0.39 is 10.8 Å². The van der Waals surface area contributed by atoms with Crippen molar-refractivity contribution in [3.63, 3.8) is 0 Å². The van der Waals surface area contributed by atoms with Gasteiger partial charge >= 0.3 is 0 Å². The topological polar surface area (TPSA) is 59.0 Å². The zero-order valence-corrected chi connectivity index (χ0v) is 14.7. The van der Waals surface area contributed by atoms with Crippen molar-refractivity contribution in [1.29, 1.82) is 0 Å². The molecule has 1 unspecified atom stereocenters. The van der Waals surface area contributed by atoms with E-state index in [0.29, 0.717) is 5.16 Å². The minimum atomic E-state index is -1.21. The van der Waals surface area contributed by atoms with Crippen molar-refractivity contribution in [2.75, 3.05) is 25.3 Å². The standard InChI is InChI=1S/C16H16N4OS2/c1-20(2)16-19-13(11-7-5-4-6-8-11)14(22-16)12-9-10-17-15(18-12)23(3)21/h4-10H,1-3H3. The van der Waals surface area contributed by atoms with E-state index in [1.807, 2.05) is 55.4 Å². The highest BCUT2D eigenvalue weighted by atomic mass is 32.2. The molecule has 1 atom stereocenters. The fraction of sp³-hybridized carbons (Fsp3) is 0.188. The molecule has 0 bridgehead atoms. The average molecular weight is 344 g/mol. The van der Waals surface area contributed by atoms with Gasteiger partial charge in [0, 0.05) is 32.1 Å². The lowest BCUT2D eigenvalue weighted by Gasteiger charge is -2.05. The molecule has 0 spiro atoms. The summed E-state index contributed by atoms with van der Waals surface area (Å²) in [7, 11) is 2.71. The van der Waals surface area contributed by atoms with E-state index >= 15 is 0 Å². The maximum Gasteiger partial charge on any atom is 0.218 e. The van der Waals surface area contributed by atoms with Gasteiger partial charge in [0.15, 0.2) is 5.13 Å². The number of anilines is 1. The van der Waals surface area contributed by atoms with Crippen molar-refractivity contribution in [3.8, 4) is 21.8 Å². The summed E-state index contributed by atoms with van der Waals surface area (Å²) in [6, 6.07) is 11.8. The highest BCUT2D eigenvalue weighted by molar-refractivity contribution is 7.84. The fourth-order valence-electron chi connectivity index (χ4n) is 2.07. The molecule has 7 heteroatoms. The maximum absolute atomic E-state index is 11.7. The molecule has 5 nitrogen and oxygen atoms in total. The smallest absolute Gasteiger partial charge is 0.218 e. The molecule has 0 saturated heterocycles. The van der Waals surface area contributed by atoms with Crippen molar-refractivity contribution in [2.24, 2.45) is 0 Å². The summed E-state index contributed by atoms with van der Waals surface area (Å²) in [5, 5.41) is 1.23. The van der Waals surface area contributed by atoms with Crippen LogP contribution in [0.5, 0.6) is 0 Å². The zero-order chi connectivity index (χ0) is 16.4. The average Bonchev–Trinajstić information content (AvgIpc) is 3.01. The first-order valence-corrected chi connectivity index (χ1v) is 9.34. The van der Waals surface area contributed by atoms with Gasteiger partial charge in [-0.25, -0.2) is 15.0 Å². The lowest BCUT2D eigenvalue weighted by Crippen LogP contribution is -2.07. The zero-order valence-electron chi connectivity index (χ0n) is 13.1. The molecule has 0 radical (unpaired) electrons. The van der Waals surface area contributed by atoms with Crippen LogP contribution in [0, 0.1) is 0 Å². The van der Waals surface area contributed by atoms with E-state index in [2.05, 4.69) is 9.97 Å². The first-order chi connectivity index (χ1) is 11.1. The van der Waals surface area contributed by atoms with Crippen molar-refractivity contribution in [3.05, 3.63) is 42.6 Å². The maximum atomic E-state index is 11.7. The first kappa shape index (κ1) is 15.8. The van der Waals surface area contributed by atoms with Crippen LogP contribution in [0.4, 0.5) is 5.13 Å². The molecule has 0 aliphatic rings. The lowest BCUT2D eigenvalue weighted by molar-refractivity contribution is 0.680. The van der Waals surface area contributed by atoms with E-state index in [1.54, 1.807) is 23.8 Å². The third kappa shape index (κ3) is 3.30. The summed E-state index contributed by atoms with van der Waals surface area (Å²) in [4.78, 5) is 16.2. The molecular weight excluding hydrogens is 328 g/mol. The van der Waals surface area contributed by atoms with Gasteiger partial charge in [0.25, 0.3) is 0 Å². The van der Waals surface area contributed by atoms with Gasteiger partial charge in [-0.05, 0) is 6.07 Å². The number of thiazole rings is 1. The Labute approximate surface area is 141 Å². The number of aromatic nitrogens is 3. The van der Waals surface area contributed by atoms with E-state index in [-0.39, 0.29) is 0 Å². The molecule has 0 N–H and O–H groups in total. The fourth-order valence-corrected chi connectivity index (χ4v) is 3.49. The van der Waals surface area contributed by atoms with E-state index in [1.165, 1.54) is 0 Å². The molecule has 118 valence electrons. The van der Waals surface area contributed by atoms with Crippen LogP contribution in [0.15, 0.2) is 47.8 Å². The number of benzene rings is 1. The lowest BCUT2D eigenvalue weighted by atomic mass is 10.1. The van der Waals surface area contributed by atoms with Crippen LogP contribution in [0.2, 0.25) is 0 Å². The van der Waals surface area contributed by atoms with Crippen LogP contribution in [0.3, 0.4) is 0 Å². The predicted octanol–water partition coefficient (Wildman–Crippen LogP) is 3.07. The Bertz CT molecular complexity index is 846.